The summed E-state index contributed by atoms with van der Waals surface area (Å²) in [5.74, 6) is -1.11. The molecule has 63 valence electrons. The maximum atomic E-state index is 10.6. The van der Waals surface area contributed by atoms with Gasteiger partial charge in [-0.1, -0.05) is 30.3 Å². The predicted octanol–water partition coefficient (Wildman–Crippen LogP) is 0.904. The molecule has 0 aliphatic heterocycles. The smallest absolute Gasteiger partial charge is 0.304 e. The minimum atomic E-state index is -1.11. The second-order valence-corrected chi connectivity index (χ2v) is 2.45. The number of hydrogen-bond donors (Lipinski definition) is 1. The lowest BCUT2D eigenvalue weighted by atomic mass is 10.1. The largest absolute Gasteiger partial charge is 0.376 e. The number of rotatable bonds is 3. The van der Waals surface area contributed by atoms with Crippen LogP contribution in [0.1, 0.15) is 11.6 Å². The maximum Gasteiger partial charge on any atom is 0.376 e. The van der Waals surface area contributed by atoms with Gasteiger partial charge in [-0.25, -0.2) is 9.90 Å². The van der Waals surface area contributed by atoms with Crippen LogP contribution in [0, 0.1) is 0 Å². The Morgan fingerprint density at radius 3 is 2.33 bits per heavy atom. The first-order chi connectivity index (χ1) is 5.75. The first-order valence-electron chi connectivity index (χ1n) is 3.68. The van der Waals surface area contributed by atoms with Crippen LogP contribution in [-0.2, 0) is 9.90 Å². The van der Waals surface area contributed by atoms with Crippen LogP contribution in [0.3, 0.4) is 0 Å². The summed E-state index contributed by atoms with van der Waals surface area (Å²) in [4.78, 5) is 10.6. The highest BCUT2D eigenvalue weighted by molar-refractivity contribution is 5.75. The highest BCUT2D eigenvalue weighted by Crippen LogP contribution is 2.11. The second-order valence-electron chi connectivity index (χ2n) is 2.45. The van der Waals surface area contributed by atoms with Gasteiger partial charge in [0.25, 0.3) is 0 Å². The number of carbonyl (C=O) groups is 1. The van der Waals surface area contributed by atoms with Gasteiger partial charge in [0.2, 0.25) is 0 Å². The number of hydrogen-bond acceptors (Lipinski definition) is 2. The van der Waals surface area contributed by atoms with Gasteiger partial charge in [0, 0.05) is 0 Å². The van der Waals surface area contributed by atoms with Crippen molar-refractivity contribution in [2.45, 2.75) is 6.04 Å². The lowest BCUT2D eigenvalue weighted by Crippen LogP contribution is -2.23. The van der Waals surface area contributed by atoms with E-state index >= 15 is 0 Å². The molecular formula is C9H10NO2. The van der Waals surface area contributed by atoms with E-state index < -0.39 is 12.0 Å². The molecule has 0 aromatic heterocycles. The van der Waals surface area contributed by atoms with Gasteiger partial charge in [-0.3, -0.25) is 0 Å². The Labute approximate surface area is 71.0 Å². The van der Waals surface area contributed by atoms with E-state index in [9.17, 15) is 9.90 Å². The van der Waals surface area contributed by atoms with Crippen LogP contribution >= 0.6 is 0 Å². The monoisotopic (exact) mass is 164 g/mol. The van der Waals surface area contributed by atoms with Crippen LogP contribution in [0.2, 0.25) is 0 Å². The molecule has 1 unspecified atom stereocenters. The van der Waals surface area contributed by atoms with Crippen molar-refractivity contribution >= 4 is 5.97 Å². The van der Waals surface area contributed by atoms with Crippen LogP contribution in [0.5, 0.6) is 0 Å². The summed E-state index contributed by atoms with van der Waals surface area (Å²) in [5, 5.41) is 13.2. The van der Waals surface area contributed by atoms with Crippen LogP contribution in [-0.4, -0.2) is 13.0 Å². The Morgan fingerprint density at radius 1 is 1.33 bits per heavy atom. The van der Waals surface area contributed by atoms with Gasteiger partial charge in [0.15, 0.2) is 0 Å². The van der Waals surface area contributed by atoms with Crippen molar-refractivity contribution in [1.29, 1.82) is 0 Å². The Balaban J connectivity index is 2.88. The van der Waals surface area contributed by atoms with Gasteiger partial charge in [-0.2, -0.15) is 0 Å². The summed E-state index contributed by atoms with van der Waals surface area (Å²) >= 11 is 0. The SMILES string of the molecule is CNC(C([O])=O)c1ccccc1. The summed E-state index contributed by atoms with van der Waals surface area (Å²) in [7, 11) is 1.59. The lowest BCUT2D eigenvalue weighted by Gasteiger charge is -2.08. The fourth-order valence-corrected chi connectivity index (χ4v) is 1.07. The summed E-state index contributed by atoms with van der Waals surface area (Å²) in [6.07, 6.45) is 0. The standard InChI is InChI=1S/C9H10NO2/c1-10-8(9(11)12)7-5-3-2-4-6-7/h2-6,8,10H,1H3. The average molecular weight is 164 g/mol. The van der Waals surface area contributed by atoms with Crippen LogP contribution in [0.4, 0.5) is 0 Å². The molecule has 1 N–H and O–H groups in total. The lowest BCUT2D eigenvalue weighted by molar-refractivity contribution is -0.145. The molecule has 0 bridgehead atoms. The van der Waals surface area contributed by atoms with Crippen molar-refractivity contribution in [2.75, 3.05) is 7.05 Å². The van der Waals surface area contributed by atoms with Gasteiger partial charge >= 0.3 is 5.97 Å². The number of carbonyl (C=O) groups excluding carboxylic acids is 1. The van der Waals surface area contributed by atoms with Crippen molar-refractivity contribution in [3.63, 3.8) is 0 Å². The molecule has 12 heavy (non-hydrogen) atoms. The number of nitrogens with one attached hydrogen (secondary N) is 1. The third-order valence-electron chi connectivity index (χ3n) is 1.66. The van der Waals surface area contributed by atoms with Gasteiger partial charge in [0.05, 0.1) is 0 Å². The van der Waals surface area contributed by atoms with Gasteiger partial charge in [-0.05, 0) is 12.6 Å². The molecule has 0 amide bonds. The topological polar surface area (TPSA) is 49.0 Å². The highest BCUT2D eigenvalue weighted by Gasteiger charge is 2.18. The minimum Gasteiger partial charge on any atom is -0.304 e. The first-order valence-corrected chi connectivity index (χ1v) is 3.68. The van der Waals surface area contributed by atoms with E-state index in [2.05, 4.69) is 5.32 Å². The van der Waals surface area contributed by atoms with E-state index in [4.69, 9.17) is 0 Å². The summed E-state index contributed by atoms with van der Waals surface area (Å²) in [6.45, 7) is 0. The zero-order chi connectivity index (χ0) is 8.97. The predicted molar refractivity (Wildman–Crippen MR) is 43.9 cm³/mol. The number of benzene rings is 1. The summed E-state index contributed by atoms with van der Waals surface area (Å²) in [6, 6.07) is 8.20. The zero-order valence-corrected chi connectivity index (χ0v) is 6.78. The highest BCUT2D eigenvalue weighted by atomic mass is 16.4. The summed E-state index contributed by atoms with van der Waals surface area (Å²) < 4.78 is 0. The molecule has 0 saturated heterocycles. The first kappa shape index (κ1) is 8.74. The van der Waals surface area contributed by atoms with Crippen LogP contribution in [0.25, 0.3) is 0 Å². The molecule has 0 saturated carbocycles. The molecule has 3 nitrogen and oxygen atoms in total. The summed E-state index contributed by atoms with van der Waals surface area (Å²) in [5.41, 5.74) is 0.708. The van der Waals surface area contributed by atoms with Crippen molar-refractivity contribution in [3.05, 3.63) is 35.9 Å². The normalized spacial score (nSPS) is 12.4. The Bertz CT molecular complexity index is 258. The van der Waals surface area contributed by atoms with Crippen molar-refractivity contribution in [3.8, 4) is 0 Å². The Morgan fingerprint density at radius 2 is 1.92 bits per heavy atom. The van der Waals surface area contributed by atoms with E-state index in [1.165, 1.54) is 0 Å². The Kier molecular flexibility index (Phi) is 2.82. The molecule has 0 heterocycles. The van der Waals surface area contributed by atoms with E-state index in [1.807, 2.05) is 6.07 Å². The molecule has 3 heteroatoms. The third-order valence-corrected chi connectivity index (χ3v) is 1.66. The molecule has 1 radical (unpaired) electrons. The van der Waals surface area contributed by atoms with Crippen molar-refractivity contribution in [2.24, 2.45) is 0 Å². The molecule has 0 aliphatic rings. The quantitative estimate of drug-likeness (QED) is 0.721. The van der Waals surface area contributed by atoms with Crippen molar-refractivity contribution < 1.29 is 9.90 Å². The average Bonchev–Trinajstić information content (AvgIpc) is 2.07. The minimum absolute atomic E-state index is 0.708. The maximum absolute atomic E-state index is 10.6. The molecule has 0 spiro atoms. The zero-order valence-electron chi connectivity index (χ0n) is 6.78. The van der Waals surface area contributed by atoms with E-state index in [0.717, 1.165) is 0 Å². The molecule has 1 atom stereocenters. The van der Waals surface area contributed by atoms with Gasteiger partial charge in [0.1, 0.15) is 6.04 Å². The third kappa shape index (κ3) is 1.83. The van der Waals surface area contributed by atoms with E-state index in [-0.39, 0.29) is 0 Å². The fourth-order valence-electron chi connectivity index (χ4n) is 1.07. The molecule has 0 aliphatic carbocycles. The number of likely N-dealkylation sites (N-methyl/N-ethyl adjacent to an activating group) is 1. The van der Waals surface area contributed by atoms with Crippen molar-refractivity contribution in [1.82, 2.24) is 5.32 Å². The van der Waals surface area contributed by atoms with E-state index in [1.54, 1.807) is 31.3 Å². The fraction of sp³-hybridized carbons (Fsp3) is 0.222. The van der Waals surface area contributed by atoms with Gasteiger partial charge < -0.3 is 5.32 Å². The van der Waals surface area contributed by atoms with Crippen LogP contribution in [0.15, 0.2) is 30.3 Å². The van der Waals surface area contributed by atoms with Crippen LogP contribution < -0.4 is 5.32 Å². The molecular weight excluding hydrogens is 154 g/mol. The second kappa shape index (κ2) is 3.88. The molecule has 1 aromatic rings. The molecule has 1 aromatic carbocycles. The van der Waals surface area contributed by atoms with Gasteiger partial charge in [-0.15, -0.1) is 0 Å². The molecule has 1 rings (SSSR count). The molecule has 0 fully saturated rings. The Hall–Kier alpha value is -1.35. The van der Waals surface area contributed by atoms with E-state index in [0.29, 0.717) is 5.56 Å².